The first-order valence-electron chi connectivity index (χ1n) is 6.50. The van der Waals surface area contributed by atoms with Crippen LogP contribution in [0.1, 0.15) is 33.6 Å². The number of hydrogen-bond donors (Lipinski definition) is 1. The molecule has 0 radical (unpaired) electrons. The molecule has 0 aromatic rings. The number of carbonyl (C=O) groups is 1. The van der Waals surface area contributed by atoms with Gasteiger partial charge in [-0.15, -0.1) is 0 Å². The predicted molar refractivity (Wildman–Crippen MR) is 73.4 cm³/mol. The number of nitrogens with zero attached hydrogens (tertiary/aromatic N) is 1. The Balaban J connectivity index is 2.40. The van der Waals surface area contributed by atoms with Gasteiger partial charge in [-0.3, -0.25) is 0 Å². The minimum absolute atomic E-state index is 0.149. The maximum absolute atomic E-state index is 11.5. The van der Waals surface area contributed by atoms with E-state index in [4.69, 9.17) is 4.74 Å². The number of piperidine rings is 1. The van der Waals surface area contributed by atoms with Gasteiger partial charge in [0.15, 0.2) is 0 Å². The molecule has 0 aromatic carbocycles. The molecule has 19 heavy (non-hydrogen) atoms. The van der Waals surface area contributed by atoms with Gasteiger partial charge in [-0.2, -0.15) is 0 Å². The average Bonchev–Trinajstić information content (AvgIpc) is 2.23. The summed E-state index contributed by atoms with van der Waals surface area (Å²) in [6.45, 7) is 6.90. The van der Waals surface area contributed by atoms with Gasteiger partial charge in [0.05, 0.1) is 6.26 Å². The number of carbonyl (C=O) groups excluding carboxylic acids is 1. The van der Waals surface area contributed by atoms with E-state index in [1.165, 1.54) is 10.6 Å². The van der Waals surface area contributed by atoms with Crippen molar-refractivity contribution in [3.8, 4) is 0 Å². The number of sulfonamides is 1. The van der Waals surface area contributed by atoms with Gasteiger partial charge in [0.25, 0.3) is 0 Å². The van der Waals surface area contributed by atoms with Gasteiger partial charge in [0.2, 0.25) is 10.0 Å². The molecule has 1 amide bonds. The molecule has 1 unspecified atom stereocenters. The van der Waals surface area contributed by atoms with Crippen LogP contribution in [0.15, 0.2) is 0 Å². The summed E-state index contributed by atoms with van der Waals surface area (Å²) >= 11 is 0. The van der Waals surface area contributed by atoms with Gasteiger partial charge in [0, 0.05) is 19.6 Å². The molecule has 7 heteroatoms. The Morgan fingerprint density at radius 3 is 2.58 bits per heavy atom. The highest BCUT2D eigenvalue weighted by atomic mass is 32.2. The lowest BCUT2D eigenvalue weighted by atomic mass is 10.00. The van der Waals surface area contributed by atoms with E-state index in [1.54, 1.807) is 20.8 Å². The second-order valence-corrected chi connectivity index (χ2v) is 7.99. The van der Waals surface area contributed by atoms with Crippen molar-refractivity contribution in [1.82, 2.24) is 9.62 Å². The topological polar surface area (TPSA) is 75.7 Å². The van der Waals surface area contributed by atoms with Crippen LogP contribution in [0.4, 0.5) is 4.79 Å². The summed E-state index contributed by atoms with van der Waals surface area (Å²) in [5.41, 5.74) is -0.518. The predicted octanol–water partition coefficient (Wildman–Crippen LogP) is 1.18. The van der Waals surface area contributed by atoms with Crippen LogP contribution in [0, 0.1) is 5.92 Å². The lowest BCUT2D eigenvalue weighted by Gasteiger charge is -2.31. The molecule has 1 N–H and O–H groups in total. The smallest absolute Gasteiger partial charge is 0.407 e. The standard InChI is InChI=1S/C12H24N2O4S/c1-12(2,3)18-11(15)13-8-10-6-5-7-14(9-10)19(4,16)17/h10H,5-9H2,1-4H3,(H,13,15). The summed E-state index contributed by atoms with van der Waals surface area (Å²) in [5.74, 6) is 0.149. The third-order valence-corrected chi connectivity index (χ3v) is 4.15. The lowest BCUT2D eigenvalue weighted by Crippen LogP contribution is -2.44. The number of hydrogen-bond acceptors (Lipinski definition) is 4. The Morgan fingerprint density at radius 1 is 1.42 bits per heavy atom. The molecule has 0 aromatic heterocycles. The summed E-state index contributed by atoms with van der Waals surface area (Å²) in [4.78, 5) is 11.5. The fraction of sp³-hybridized carbons (Fsp3) is 0.917. The maximum atomic E-state index is 11.5. The molecule has 1 aliphatic rings. The highest BCUT2D eigenvalue weighted by Gasteiger charge is 2.26. The zero-order valence-electron chi connectivity index (χ0n) is 12.1. The molecule has 0 aliphatic carbocycles. The third-order valence-electron chi connectivity index (χ3n) is 2.88. The summed E-state index contributed by atoms with van der Waals surface area (Å²) in [6, 6.07) is 0. The molecule has 6 nitrogen and oxygen atoms in total. The Labute approximate surface area is 115 Å². The van der Waals surface area contributed by atoms with Crippen LogP contribution in [0.5, 0.6) is 0 Å². The van der Waals surface area contributed by atoms with Crippen molar-refractivity contribution in [3.05, 3.63) is 0 Å². The fourth-order valence-corrected chi connectivity index (χ4v) is 2.98. The van der Waals surface area contributed by atoms with Crippen LogP contribution in [0.2, 0.25) is 0 Å². The third kappa shape index (κ3) is 6.24. The van der Waals surface area contributed by atoms with Crippen molar-refractivity contribution in [1.29, 1.82) is 0 Å². The highest BCUT2D eigenvalue weighted by Crippen LogP contribution is 2.18. The Bertz CT molecular complexity index is 414. The lowest BCUT2D eigenvalue weighted by molar-refractivity contribution is 0.0513. The van der Waals surface area contributed by atoms with E-state index in [1.807, 2.05) is 0 Å². The van der Waals surface area contributed by atoms with Crippen molar-refractivity contribution >= 4 is 16.1 Å². The number of alkyl carbamates (subject to hydrolysis) is 1. The van der Waals surface area contributed by atoms with E-state index in [0.29, 0.717) is 19.6 Å². The van der Waals surface area contributed by atoms with E-state index < -0.39 is 21.7 Å². The van der Waals surface area contributed by atoms with Crippen LogP contribution in [-0.4, -0.2) is 50.3 Å². The summed E-state index contributed by atoms with van der Waals surface area (Å²) < 4.78 is 29.6. The van der Waals surface area contributed by atoms with Gasteiger partial charge in [-0.1, -0.05) is 0 Å². The minimum atomic E-state index is -3.14. The monoisotopic (exact) mass is 292 g/mol. The van der Waals surface area contributed by atoms with Gasteiger partial charge in [0.1, 0.15) is 5.60 Å². The van der Waals surface area contributed by atoms with Gasteiger partial charge in [-0.05, 0) is 39.5 Å². The number of ether oxygens (including phenoxy) is 1. The largest absolute Gasteiger partial charge is 0.444 e. The Hall–Kier alpha value is -0.820. The van der Waals surface area contributed by atoms with Gasteiger partial charge >= 0.3 is 6.09 Å². The van der Waals surface area contributed by atoms with Crippen LogP contribution >= 0.6 is 0 Å². The quantitative estimate of drug-likeness (QED) is 0.847. The highest BCUT2D eigenvalue weighted by molar-refractivity contribution is 7.88. The zero-order valence-corrected chi connectivity index (χ0v) is 12.9. The van der Waals surface area contributed by atoms with E-state index in [2.05, 4.69) is 5.32 Å². The molecule has 112 valence electrons. The SMILES string of the molecule is CC(C)(C)OC(=O)NCC1CCCN(S(C)(=O)=O)C1. The summed E-state index contributed by atoms with van der Waals surface area (Å²) in [7, 11) is -3.14. The molecule has 0 spiro atoms. The number of amides is 1. The summed E-state index contributed by atoms with van der Waals surface area (Å²) in [6.07, 6.45) is 2.51. The van der Waals surface area contributed by atoms with Crippen molar-refractivity contribution in [2.24, 2.45) is 5.92 Å². The molecule has 1 saturated heterocycles. The van der Waals surface area contributed by atoms with E-state index in [0.717, 1.165) is 12.8 Å². The van der Waals surface area contributed by atoms with Crippen molar-refractivity contribution in [2.45, 2.75) is 39.2 Å². The molecule has 1 heterocycles. The van der Waals surface area contributed by atoms with Crippen molar-refractivity contribution in [3.63, 3.8) is 0 Å². The normalized spacial score (nSPS) is 22.0. The first kappa shape index (κ1) is 16.2. The first-order valence-corrected chi connectivity index (χ1v) is 8.35. The van der Waals surface area contributed by atoms with Crippen LogP contribution in [-0.2, 0) is 14.8 Å². The van der Waals surface area contributed by atoms with E-state index in [9.17, 15) is 13.2 Å². The second-order valence-electron chi connectivity index (χ2n) is 6.01. The zero-order chi connectivity index (χ0) is 14.7. The van der Waals surface area contributed by atoms with Crippen LogP contribution in [0.25, 0.3) is 0 Å². The molecular formula is C12H24N2O4S. The van der Waals surface area contributed by atoms with Gasteiger partial charge in [-0.25, -0.2) is 17.5 Å². The average molecular weight is 292 g/mol. The molecule has 1 rings (SSSR count). The molecule has 0 saturated carbocycles. The van der Waals surface area contributed by atoms with E-state index in [-0.39, 0.29) is 5.92 Å². The molecule has 1 atom stereocenters. The second kappa shape index (κ2) is 6.09. The fourth-order valence-electron chi connectivity index (χ4n) is 2.04. The van der Waals surface area contributed by atoms with Crippen LogP contribution < -0.4 is 5.32 Å². The van der Waals surface area contributed by atoms with Crippen molar-refractivity contribution in [2.75, 3.05) is 25.9 Å². The molecule has 0 bridgehead atoms. The number of rotatable bonds is 3. The number of nitrogens with one attached hydrogen (secondary N) is 1. The Kier molecular flexibility index (Phi) is 5.20. The first-order chi connectivity index (χ1) is 8.58. The summed E-state index contributed by atoms with van der Waals surface area (Å²) in [5, 5.41) is 2.70. The van der Waals surface area contributed by atoms with E-state index >= 15 is 0 Å². The molecule has 1 fully saturated rings. The van der Waals surface area contributed by atoms with Crippen molar-refractivity contribution < 1.29 is 17.9 Å². The molecular weight excluding hydrogens is 268 g/mol. The van der Waals surface area contributed by atoms with Crippen LogP contribution in [0.3, 0.4) is 0 Å². The molecule has 1 aliphatic heterocycles. The minimum Gasteiger partial charge on any atom is -0.444 e. The maximum Gasteiger partial charge on any atom is 0.407 e. The van der Waals surface area contributed by atoms with Gasteiger partial charge < -0.3 is 10.1 Å². The Morgan fingerprint density at radius 2 is 2.05 bits per heavy atom.